The number of ether oxygens (including phenoxy) is 1. The minimum atomic E-state index is -0.0884. The van der Waals surface area contributed by atoms with Crippen LogP contribution in [-0.4, -0.2) is 21.6 Å². The number of rotatable bonds is 7. The molecule has 2 N–H and O–H groups in total. The number of aromatic nitrogens is 1. The van der Waals surface area contributed by atoms with E-state index < -0.39 is 0 Å². The first-order valence-corrected chi connectivity index (χ1v) is 12.2. The van der Waals surface area contributed by atoms with Crippen LogP contribution in [0.2, 0.25) is 0 Å². The number of nitrogens with one attached hydrogen (secondary N) is 2. The van der Waals surface area contributed by atoms with Crippen molar-refractivity contribution in [3.05, 3.63) is 91.9 Å². The maximum atomic E-state index is 12.9. The fourth-order valence-electron chi connectivity index (χ4n) is 3.85. The van der Waals surface area contributed by atoms with Crippen molar-refractivity contribution in [1.29, 1.82) is 0 Å². The highest BCUT2D eigenvalue weighted by Crippen LogP contribution is 2.21. The summed E-state index contributed by atoms with van der Waals surface area (Å²) < 4.78 is 5.52. The van der Waals surface area contributed by atoms with E-state index in [1.165, 1.54) is 10.4 Å². The molecule has 170 valence electrons. The van der Waals surface area contributed by atoms with Gasteiger partial charge in [-0.15, -0.1) is 11.3 Å². The Hall–Kier alpha value is -3.16. The Balaban J connectivity index is 1.61. The van der Waals surface area contributed by atoms with Gasteiger partial charge < -0.3 is 19.9 Å². The molecule has 0 saturated carbocycles. The summed E-state index contributed by atoms with van der Waals surface area (Å²) in [4.78, 5) is 19.2. The number of anilines is 1. The molecule has 0 amide bonds. The van der Waals surface area contributed by atoms with Gasteiger partial charge in [-0.05, 0) is 91.8 Å². The zero-order valence-electron chi connectivity index (χ0n) is 19.0. The van der Waals surface area contributed by atoms with E-state index >= 15 is 0 Å². The number of hydrogen-bond acceptors (Lipinski definition) is 4. The van der Waals surface area contributed by atoms with E-state index in [1.54, 1.807) is 11.3 Å². The smallest absolute Gasteiger partial charge is 0.253 e. The molecule has 7 heteroatoms. The van der Waals surface area contributed by atoms with Crippen molar-refractivity contribution in [2.75, 3.05) is 11.9 Å². The molecule has 0 bridgehead atoms. The monoisotopic (exact) mass is 477 g/mol. The minimum Gasteiger partial charge on any atom is -0.494 e. The molecular formula is C26H27N3O2S2. The average molecular weight is 478 g/mol. The molecule has 0 fully saturated rings. The SMILES string of the molecule is CCOc1ccc(NC(=S)N(Cc2cccs2)Cc2cc3cc(C)cc(C)c3[nH]c2=O)cc1. The summed E-state index contributed by atoms with van der Waals surface area (Å²) in [6, 6.07) is 18.0. The van der Waals surface area contributed by atoms with Gasteiger partial charge in [-0.25, -0.2) is 0 Å². The number of aromatic amines is 1. The molecule has 0 saturated heterocycles. The molecule has 0 unspecified atom stereocenters. The molecule has 0 atom stereocenters. The van der Waals surface area contributed by atoms with E-state index in [0.717, 1.165) is 27.9 Å². The summed E-state index contributed by atoms with van der Waals surface area (Å²) in [6.07, 6.45) is 0. The van der Waals surface area contributed by atoms with Crippen molar-refractivity contribution in [1.82, 2.24) is 9.88 Å². The zero-order chi connectivity index (χ0) is 23.4. The quantitative estimate of drug-likeness (QED) is 0.320. The third-order valence-corrected chi connectivity index (χ3v) is 6.58. The van der Waals surface area contributed by atoms with Gasteiger partial charge in [-0.3, -0.25) is 4.79 Å². The van der Waals surface area contributed by atoms with Crippen LogP contribution >= 0.6 is 23.6 Å². The summed E-state index contributed by atoms with van der Waals surface area (Å²) >= 11 is 7.44. The van der Waals surface area contributed by atoms with E-state index in [-0.39, 0.29) is 5.56 Å². The molecule has 2 heterocycles. The third-order valence-electron chi connectivity index (χ3n) is 5.36. The Morgan fingerprint density at radius 3 is 2.61 bits per heavy atom. The summed E-state index contributed by atoms with van der Waals surface area (Å²) in [6.45, 7) is 7.68. The van der Waals surface area contributed by atoms with Crippen molar-refractivity contribution >= 4 is 45.3 Å². The predicted octanol–water partition coefficient (Wildman–Crippen LogP) is 6.00. The van der Waals surface area contributed by atoms with Crippen LogP contribution in [0.15, 0.2) is 64.8 Å². The normalized spacial score (nSPS) is 10.9. The number of hydrogen-bond donors (Lipinski definition) is 2. The number of aryl methyl sites for hydroxylation is 2. The molecular weight excluding hydrogens is 450 g/mol. The van der Waals surface area contributed by atoms with Gasteiger partial charge in [0.05, 0.1) is 25.2 Å². The molecule has 2 aromatic carbocycles. The van der Waals surface area contributed by atoms with Crippen molar-refractivity contribution in [2.45, 2.75) is 33.9 Å². The van der Waals surface area contributed by atoms with Gasteiger partial charge >= 0.3 is 0 Å². The van der Waals surface area contributed by atoms with Crippen LogP contribution in [0.3, 0.4) is 0 Å². The fourth-order valence-corrected chi connectivity index (χ4v) is 4.82. The number of H-pyrrole nitrogens is 1. The van der Waals surface area contributed by atoms with E-state index in [0.29, 0.717) is 30.4 Å². The largest absolute Gasteiger partial charge is 0.494 e. The Kier molecular flexibility index (Phi) is 7.11. The molecule has 4 rings (SSSR count). The second-order valence-corrected chi connectivity index (χ2v) is 9.41. The van der Waals surface area contributed by atoms with Crippen LogP contribution in [0, 0.1) is 13.8 Å². The van der Waals surface area contributed by atoms with Crippen LogP contribution in [-0.2, 0) is 13.1 Å². The summed E-state index contributed by atoms with van der Waals surface area (Å²) in [5.41, 5.74) is 4.58. The minimum absolute atomic E-state index is 0.0884. The summed E-state index contributed by atoms with van der Waals surface area (Å²) in [5, 5.41) is 6.95. The van der Waals surface area contributed by atoms with Gasteiger partial charge in [0.2, 0.25) is 0 Å². The van der Waals surface area contributed by atoms with Crippen LogP contribution in [0.4, 0.5) is 5.69 Å². The highest BCUT2D eigenvalue weighted by Gasteiger charge is 2.15. The fraction of sp³-hybridized carbons (Fsp3) is 0.231. The van der Waals surface area contributed by atoms with E-state index in [1.807, 2.05) is 60.5 Å². The molecule has 0 aliphatic carbocycles. The van der Waals surface area contributed by atoms with E-state index in [4.69, 9.17) is 17.0 Å². The van der Waals surface area contributed by atoms with Crippen molar-refractivity contribution in [3.63, 3.8) is 0 Å². The number of pyridine rings is 1. The lowest BCUT2D eigenvalue weighted by atomic mass is 10.1. The summed E-state index contributed by atoms with van der Waals surface area (Å²) in [7, 11) is 0. The molecule has 5 nitrogen and oxygen atoms in total. The Morgan fingerprint density at radius 2 is 1.91 bits per heavy atom. The highest BCUT2D eigenvalue weighted by atomic mass is 32.1. The summed E-state index contributed by atoms with van der Waals surface area (Å²) in [5.74, 6) is 0.817. The standard InChI is InChI=1S/C26H27N3O2S2/c1-4-31-22-9-7-21(8-10-22)27-26(32)29(16-23-6-5-11-33-23)15-20-14-19-13-17(2)12-18(3)24(19)28-25(20)30/h5-14H,4,15-16H2,1-3H3,(H,27,32)(H,28,30). The number of benzene rings is 2. The number of nitrogens with zero attached hydrogens (tertiary/aromatic N) is 1. The molecule has 0 spiro atoms. The molecule has 33 heavy (non-hydrogen) atoms. The van der Waals surface area contributed by atoms with Crippen LogP contribution in [0.5, 0.6) is 5.75 Å². The maximum absolute atomic E-state index is 12.9. The molecule has 0 aliphatic heterocycles. The van der Waals surface area contributed by atoms with Gasteiger partial charge in [0, 0.05) is 16.1 Å². The maximum Gasteiger partial charge on any atom is 0.253 e. The predicted molar refractivity (Wildman–Crippen MR) is 141 cm³/mol. The van der Waals surface area contributed by atoms with Crippen molar-refractivity contribution in [2.24, 2.45) is 0 Å². The second-order valence-electron chi connectivity index (χ2n) is 7.99. The topological polar surface area (TPSA) is 57.4 Å². The lowest BCUT2D eigenvalue weighted by molar-refractivity contribution is 0.340. The van der Waals surface area contributed by atoms with Gasteiger partial charge in [-0.2, -0.15) is 0 Å². The van der Waals surface area contributed by atoms with Crippen LogP contribution < -0.4 is 15.6 Å². The molecule has 4 aromatic rings. The molecule has 0 aliphatic rings. The van der Waals surface area contributed by atoms with Crippen LogP contribution in [0.25, 0.3) is 10.9 Å². The van der Waals surface area contributed by atoms with E-state index in [2.05, 4.69) is 35.4 Å². The van der Waals surface area contributed by atoms with E-state index in [9.17, 15) is 4.79 Å². The lowest BCUT2D eigenvalue weighted by Crippen LogP contribution is -2.35. The number of thiophene rings is 1. The van der Waals surface area contributed by atoms with Crippen molar-refractivity contribution in [3.8, 4) is 5.75 Å². The third kappa shape index (κ3) is 5.61. The zero-order valence-corrected chi connectivity index (χ0v) is 20.6. The van der Waals surface area contributed by atoms with Crippen molar-refractivity contribution < 1.29 is 4.74 Å². The van der Waals surface area contributed by atoms with Gasteiger partial charge in [0.1, 0.15) is 5.75 Å². The Labute approximate surface area is 203 Å². The molecule has 2 aromatic heterocycles. The number of thiocarbonyl (C=S) groups is 1. The first-order valence-electron chi connectivity index (χ1n) is 10.9. The van der Waals surface area contributed by atoms with Crippen LogP contribution in [0.1, 0.15) is 28.5 Å². The first-order chi connectivity index (χ1) is 15.9. The molecule has 0 radical (unpaired) electrons. The lowest BCUT2D eigenvalue weighted by Gasteiger charge is -2.25. The number of fused-ring (bicyclic) bond motifs is 1. The highest BCUT2D eigenvalue weighted by molar-refractivity contribution is 7.80. The second kappa shape index (κ2) is 10.2. The first kappa shape index (κ1) is 23.0. The Morgan fingerprint density at radius 1 is 1.12 bits per heavy atom. The van der Waals surface area contributed by atoms with Gasteiger partial charge in [0.15, 0.2) is 5.11 Å². The van der Waals surface area contributed by atoms with Gasteiger partial charge in [0.25, 0.3) is 5.56 Å². The average Bonchev–Trinajstić information content (AvgIpc) is 3.29. The Bertz CT molecular complexity index is 1310. The van der Waals surface area contributed by atoms with Gasteiger partial charge in [-0.1, -0.05) is 17.7 Å².